The summed E-state index contributed by atoms with van der Waals surface area (Å²) in [5.74, 6) is -1.20. The summed E-state index contributed by atoms with van der Waals surface area (Å²) >= 11 is 12.4. The van der Waals surface area contributed by atoms with Crippen molar-refractivity contribution in [2.45, 2.75) is 19.8 Å². The first-order valence-corrected chi connectivity index (χ1v) is 10.2. The Labute approximate surface area is 182 Å². The van der Waals surface area contributed by atoms with Crippen molar-refractivity contribution < 1.29 is 14.4 Å². The minimum Gasteiger partial charge on any atom is -0.326 e. The largest absolute Gasteiger partial charge is 0.326 e. The maximum absolute atomic E-state index is 12.0. The normalized spacial score (nSPS) is 10.4. The summed E-state index contributed by atoms with van der Waals surface area (Å²) in [6.45, 7) is 1.79. The fraction of sp³-hybridized carbons (Fsp3) is 0.158. The van der Waals surface area contributed by atoms with Gasteiger partial charge in [-0.05, 0) is 54.4 Å². The summed E-state index contributed by atoms with van der Waals surface area (Å²) in [5, 5.41) is 7.50. The van der Waals surface area contributed by atoms with Crippen LogP contribution in [0.25, 0.3) is 6.08 Å². The van der Waals surface area contributed by atoms with E-state index in [0.29, 0.717) is 10.7 Å². The molecule has 3 amide bonds. The van der Waals surface area contributed by atoms with E-state index >= 15 is 0 Å². The molecule has 1 heterocycles. The number of hydrazine groups is 1. The second-order valence-electron chi connectivity index (χ2n) is 5.80. The van der Waals surface area contributed by atoms with Crippen LogP contribution < -0.4 is 21.5 Å². The van der Waals surface area contributed by atoms with Crippen molar-refractivity contribution in [3.05, 3.63) is 57.3 Å². The highest BCUT2D eigenvalue weighted by atomic mass is 35.5. The Kier molecular flexibility index (Phi) is 8.78. The Balaban J connectivity index is 1.67. The van der Waals surface area contributed by atoms with Crippen molar-refractivity contribution in [1.82, 2.24) is 16.2 Å². The van der Waals surface area contributed by atoms with Crippen molar-refractivity contribution >= 4 is 69.8 Å². The molecule has 0 bridgehead atoms. The fourth-order valence-corrected chi connectivity index (χ4v) is 3.04. The molecule has 0 aliphatic heterocycles. The van der Waals surface area contributed by atoms with Crippen molar-refractivity contribution in [2.24, 2.45) is 0 Å². The molecule has 4 N–H and O–H groups in total. The molecular formula is C19H19ClN4O3S2. The zero-order valence-electron chi connectivity index (χ0n) is 15.5. The van der Waals surface area contributed by atoms with Gasteiger partial charge < -0.3 is 5.32 Å². The van der Waals surface area contributed by atoms with E-state index in [1.807, 2.05) is 17.5 Å². The van der Waals surface area contributed by atoms with Crippen LogP contribution in [0.15, 0.2) is 41.8 Å². The Bertz CT molecular complexity index is 930. The van der Waals surface area contributed by atoms with E-state index in [1.165, 1.54) is 17.4 Å². The summed E-state index contributed by atoms with van der Waals surface area (Å²) in [5.41, 5.74) is 6.10. The van der Waals surface area contributed by atoms with E-state index in [4.69, 9.17) is 23.8 Å². The van der Waals surface area contributed by atoms with Gasteiger partial charge in [-0.15, -0.1) is 11.3 Å². The predicted octanol–water partition coefficient (Wildman–Crippen LogP) is 3.16. The lowest BCUT2D eigenvalue weighted by atomic mass is 10.2. The van der Waals surface area contributed by atoms with Crippen LogP contribution in [-0.4, -0.2) is 22.8 Å². The Morgan fingerprint density at radius 1 is 1.10 bits per heavy atom. The van der Waals surface area contributed by atoms with Crippen molar-refractivity contribution in [2.75, 3.05) is 5.32 Å². The molecule has 2 rings (SSSR count). The maximum atomic E-state index is 12.0. The highest BCUT2D eigenvalue weighted by Crippen LogP contribution is 2.23. The number of nitrogens with one attached hydrogen (secondary N) is 4. The number of rotatable bonds is 6. The van der Waals surface area contributed by atoms with Gasteiger partial charge in [-0.1, -0.05) is 23.7 Å². The minimum absolute atomic E-state index is 0.0257. The van der Waals surface area contributed by atoms with Gasteiger partial charge >= 0.3 is 0 Å². The average molecular weight is 451 g/mol. The lowest BCUT2D eigenvalue weighted by Gasteiger charge is -2.11. The van der Waals surface area contributed by atoms with E-state index in [0.717, 1.165) is 10.4 Å². The second-order valence-corrected chi connectivity index (χ2v) is 7.60. The molecule has 0 atom stereocenters. The molecule has 29 heavy (non-hydrogen) atoms. The van der Waals surface area contributed by atoms with E-state index in [1.54, 1.807) is 31.2 Å². The number of anilines is 1. The molecule has 0 aliphatic rings. The van der Waals surface area contributed by atoms with Crippen molar-refractivity contribution in [3.63, 3.8) is 0 Å². The van der Waals surface area contributed by atoms with Crippen LogP contribution in [-0.2, 0) is 14.4 Å². The van der Waals surface area contributed by atoms with Crippen LogP contribution in [0, 0.1) is 6.92 Å². The molecule has 0 saturated heterocycles. The van der Waals surface area contributed by atoms with Gasteiger partial charge in [-0.3, -0.25) is 30.6 Å². The minimum atomic E-state index is -0.450. The van der Waals surface area contributed by atoms with E-state index in [2.05, 4.69) is 21.5 Å². The fourth-order valence-electron chi connectivity index (χ4n) is 2.10. The van der Waals surface area contributed by atoms with Crippen molar-refractivity contribution in [1.29, 1.82) is 0 Å². The first-order valence-electron chi connectivity index (χ1n) is 8.51. The zero-order chi connectivity index (χ0) is 21.2. The molecule has 0 radical (unpaired) electrons. The van der Waals surface area contributed by atoms with Crippen molar-refractivity contribution in [3.8, 4) is 0 Å². The SMILES string of the molecule is Cc1c(Cl)cccc1NC(=O)CCC(=O)NNC(=S)NC(=O)/C=C/c1cccs1. The van der Waals surface area contributed by atoms with Crippen LogP contribution in [0.1, 0.15) is 23.3 Å². The van der Waals surface area contributed by atoms with Crippen LogP contribution in [0.5, 0.6) is 0 Å². The third kappa shape index (κ3) is 8.02. The molecule has 7 nitrogen and oxygen atoms in total. The second kappa shape index (κ2) is 11.3. The monoisotopic (exact) mass is 450 g/mol. The van der Waals surface area contributed by atoms with E-state index in [9.17, 15) is 14.4 Å². The van der Waals surface area contributed by atoms with Gasteiger partial charge in [0.05, 0.1) is 0 Å². The Hall–Kier alpha value is -2.75. The number of carbonyl (C=O) groups is 3. The third-order valence-corrected chi connectivity index (χ3v) is 5.07. The molecular weight excluding hydrogens is 432 g/mol. The number of benzene rings is 1. The Morgan fingerprint density at radius 2 is 1.86 bits per heavy atom. The predicted molar refractivity (Wildman–Crippen MR) is 119 cm³/mol. The summed E-state index contributed by atoms with van der Waals surface area (Å²) in [6, 6.07) is 8.93. The number of halogens is 1. The van der Waals surface area contributed by atoms with Crippen LogP contribution in [0.3, 0.4) is 0 Å². The molecule has 0 saturated carbocycles. The topological polar surface area (TPSA) is 99.3 Å². The molecule has 10 heteroatoms. The van der Waals surface area contributed by atoms with Gasteiger partial charge in [0.2, 0.25) is 17.7 Å². The Morgan fingerprint density at radius 3 is 2.59 bits per heavy atom. The quantitative estimate of drug-likeness (QED) is 0.308. The molecule has 0 unspecified atom stereocenters. The molecule has 2 aromatic rings. The van der Waals surface area contributed by atoms with Gasteiger partial charge in [0.1, 0.15) is 0 Å². The lowest BCUT2D eigenvalue weighted by Crippen LogP contribution is -2.48. The van der Waals surface area contributed by atoms with Gasteiger partial charge in [-0.2, -0.15) is 0 Å². The molecule has 0 fully saturated rings. The molecule has 1 aromatic heterocycles. The smallest absolute Gasteiger partial charge is 0.250 e. The highest BCUT2D eigenvalue weighted by molar-refractivity contribution is 7.80. The van der Waals surface area contributed by atoms with Gasteiger partial charge in [0.25, 0.3) is 0 Å². The molecule has 0 spiro atoms. The molecule has 152 valence electrons. The summed E-state index contributed by atoms with van der Waals surface area (Å²) in [7, 11) is 0. The summed E-state index contributed by atoms with van der Waals surface area (Å²) in [4.78, 5) is 36.5. The zero-order valence-corrected chi connectivity index (χ0v) is 17.8. The third-order valence-electron chi connectivity index (χ3n) is 3.62. The van der Waals surface area contributed by atoms with Gasteiger partial charge in [0.15, 0.2) is 5.11 Å². The number of hydrogen-bond donors (Lipinski definition) is 4. The molecule has 0 aliphatic carbocycles. The standard InChI is InChI=1S/C19H19ClN4O3S2/c1-12-14(20)5-2-6-15(12)21-16(25)9-10-18(27)23-24-19(28)22-17(26)8-7-13-4-3-11-29-13/h2-8,11H,9-10H2,1H3,(H,21,25)(H,23,27)(H2,22,24,26,28)/b8-7+. The lowest BCUT2D eigenvalue weighted by molar-refractivity contribution is -0.124. The van der Waals surface area contributed by atoms with Crippen LogP contribution in [0.4, 0.5) is 5.69 Å². The van der Waals surface area contributed by atoms with Gasteiger partial charge in [0, 0.05) is 34.5 Å². The van der Waals surface area contributed by atoms with Gasteiger partial charge in [-0.25, -0.2) is 0 Å². The first kappa shape index (κ1) is 22.5. The maximum Gasteiger partial charge on any atom is 0.250 e. The number of hydrogen-bond acceptors (Lipinski definition) is 5. The number of thiocarbonyl (C=S) groups is 1. The number of carbonyl (C=O) groups excluding carboxylic acids is 3. The van der Waals surface area contributed by atoms with E-state index in [-0.39, 0.29) is 23.9 Å². The first-order chi connectivity index (χ1) is 13.8. The highest BCUT2D eigenvalue weighted by Gasteiger charge is 2.10. The van der Waals surface area contributed by atoms with Crippen LogP contribution >= 0.6 is 35.2 Å². The summed E-state index contributed by atoms with van der Waals surface area (Å²) in [6.07, 6.45) is 2.90. The summed E-state index contributed by atoms with van der Waals surface area (Å²) < 4.78 is 0. The van der Waals surface area contributed by atoms with E-state index < -0.39 is 11.8 Å². The number of thiophene rings is 1. The average Bonchev–Trinajstić information content (AvgIpc) is 3.20. The number of amides is 3. The van der Waals surface area contributed by atoms with Crippen LogP contribution in [0.2, 0.25) is 5.02 Å². The molecule has 1 aromatic carbocycles.